The molecule has 1 nitrogen and oxygen atoms in total. The highest BCUT2D eigenvalue weighted by Gasteiger charge is 2.11. The molecule has 0 fully saturated rings. The highest BCUT2D eigenvalue weighted by molar-refractivity contribution is 5.78. The zero-order valence-corrected chi connectivity index (χ0v) is 11.9. The maximum absolute atomic E-state index is 11.7. The molecule has 0 aliphatic heterocycles. The van der Waals surface area contributed by atoms with E-state index in [-0.39, 0.29) is 0 Å². The average Bonchev–Trinajstić information content (AvgIpc) is 2.16. The summed E-state index contributed by atoms with van der Waals surface area (Å²) in [6.07, 6.45) is 6.48. The van der Waals surface area contributed by atoms with Crippen LogP contribution in [0.15, 0.2) is 0 Å². The summed E-state index contributed by atoms with van der Waals surface area (Å²) in [7, 11) is 0. The minimum Gasteiger partial charge on any atom is -0.300 e. The molecule has 0 aliphatic rings. The van der Waals surface area contributed by atoms with Gasteiger partial charge in [0.1, 0.15) is 5.78 Å². The molecule has 0 radical (unpaired) electrons. The Balaban J connectivity index is 3.62. The van der Waals surface area contributed by atoms with Crippen molar-refractivity contribution in [3.05, 3.63) is 0 Å². The van der Waals surface area contributed by atoms with E-state index in [2.05, 4.69) is 34.6 Å². The number of hydrogen-bond acceptors (Lipinski definition) is 1. The van der Waals surface area contributed by atoms with Crippen LogP contribution in [-0.2, 0) is 4.79 Å². The molecular formula is C15H30O. The molecular weight excluding hydrogens is 196 g/mol. The summed E-state index contributed by atoms with van der Waals surface area (Å²) < 4.78 is 0. The molecule has 0 aromatic carbocycles. The van der Waals surface area contributed by atoms with Gasteiger partial charge in [0, 0.05) is 12.8 Å². The van der Waals surface area contributed by atoms with Crippen LogP contribution in [-0.4, -0.2) is 5.78 Å². The molecule has 16 heavy (non-hydrogen) atoms. The average molecular weight is 226 g/mol. The lowest BCUT2D eigenvalue weighted by Crippen LogP contribution is -2.09. The highest BCUT2D eigenvalue weighted by atomic mass is 16.1. The zero-order valence-electron chi connectivity index (χ0n) is 11.9. The summed E-state index contributed by atoms with van der Waals surface area (Å²) in [5.41, 5.74) is 0. The van der Waals surface area contributed by atoms with Gasteiger partial charge in [0.05, 0.1) is 0 Å². The van der Waals surface area contributed by atoms with Gasteiger partial charge in [-0.2, -0.15) is 0 Å². The molecule has 0 heterocycles. The zero-order chi connectivity index (χ0) is 12.6. The molecule has 0 saturated heterocycles. The molecule has 0 aromatic heterocycles. The number of ketones is 1. The van der Waals surface area contributed by atoms with Gasteiger partial charge in [-0.3, -0.25) is 4.79 Å². The Morgan fingerprint density at radius 2 is 1.50 bits per heavy atom. The summed E-state index contributed by atoms with van der Waals surface area (Å²) in [6.45, 7) is 11.1. The van der Waals surface area contributed by atoms with Crippen LogP contribution in [0.3, 0.4) is 0 Å². The van der Waals surface area contributed by atoms with E-state index in [1.165, 1.54) is 19.3 Å². The van der Waals surface area contributed by atoms with Gasteiger partial charge >= 0.3 is 0 Å². The summed E-state index contributed by atoms with van der Waals surface area (Å²) >= 11 is 0. The first-order chi connectivity index (χ1) is 7.45. The first kappa shape index (κ1) is 15.7. The van der Waals surface area contributed by atoms with Crippen molar-refractivity contribution in [1.82, 2.24) is 0 Å². The van der Waals surface area contributed by atoms with Crippen LogP contribution in [0.25, 0.3) is 0 Å². The van der Waals surface area contributed by atoms with Crippen molar-refractivity contribution >= 4 is 5.78 Å². The van der Waals surface area contributed by atoms with Crippen LogP contribution in [0.1, 0.15) is 73.1 Å². The summed E-state index contributed by atoms with van der Waals surface area (Å²) in [5.74, 6) is 2.40. The Kier molecular flexibility index (Phi) is 8.60. The van der Waals surface area contributed by atoms with Gasteiger partial charge in [0.25, 0.3) is 0 Å². The Hall–Kier alpha value is -0.330. The van der Waals surface area contributed by atoms with Crippen molar-refractivity contribution in [2.45, 2.75) is 73.1 Å². The van der Waals surface area contributed by atoms with E-state index in [4.69, 9.17) is 0 Å². The Morgan fingerprint density at radius 1 is 0.938 bits per heavy atom. The first-order valence-electron chi connectivity index (χ1n) is 6.97. The lowest BCUT2D eigenvalue weighted by molar-refractivity contribution is -0.120. The van der Waals surface area contributed by atoms with E-state index in [1.54, 1.807) is 0 Å². The topological polar surface area (TPSA) is 17.1 Å². The molecule has 1 heteroatoms. The van der Waals surface area contributed by atoms with Crippen LogP contribution < -0.4 is 0 Å². The minimum absolute atomic E-state index is 0.464. The second-order valence-corrected chi connectivity index (χ2v) is 5.89. The predicted octanol–water partition coefficient (Wildman–Crippen LogP) is 4.84. The molecule has 2 unspecified atom stereocenters. The van der Waals surface area contributed by atoms with Gasteiger partial charge in [0.15, 0.2) is 0 Å². The molecule has 0 aliphatic carbocycles. The SMILES string of the molecule is CCC(C)CC(=O)CC(C)CCCC(C)C. The van der Waals surface area contributed by atoms with E-state index in [0.29, 0.717) is 17.6 Å². The molecule has 0 spiro atoms. The molecule has 0 rings (SSSR count). The van der Waals surface area contributed by atoms with Crippen LogP contribution in [0.2, 0.25) is 0 Å². The fourth-order valence-corrected chi connectivity index (χ4v) is 1.98. The van der Waals surface area contributed by atoms with Crippen molar-refractivity contribution in [1.29, 1.82) is 0 Å². The highest BCUT2D eigenvalue weighted by Crippen LogP contribution is 2.18. The number of Topliss-reactive ketones (excluding diaryl/α,β-unsaturated/α-hetero) is 1. The third-order valence-electron chi connectivity index (χ3n) is 3.33. The van der Waals surface area contributed by atoms with Gasteiger partial charge in [-0.15, -0.1) is 0 Å². The fraction of sp³-hybridized carbons (Fsp3) is 0.933. The third-order valence-corrected chi connectivity index (χ3v) is 3.33. The fourth-order valence-electron chi connectivity index (χ4n) is 1.98. The maximum atomic E-state index is 11.7. The first-order valence-corrected chi connectivity index (χ1v) is 6.97. The second-order valence-electron chi connectivity index (χ2n) is 5.89. The molecule has 0 saturated carbocycles. The largest absolute Gasteiger partial charge is 0.300 e. The lowest BCUT2D eigenvalue weighted by Gasteiger charge is -2.13. The van der Waals surface area contributed by atoms with Crippen LogP contribution in [0.5, 0.6) is 0 Å². The second kappa shape index (κ2) is 8.78. The molecule has 0 N–H and O–H groups in total. The molecule has 96 valence electrons. The number of rotatable bonds is 9. The smallest absolute Gasteiger partial charge is 0.133 e. The molecule has 0 bridgehead atoms. The van der Waals surface area contributed by atoms with Crippen molar-refractivity contribution in [2.24, 2.45) is 17.8 Å². The van der Waals surface area contributed by atoms with Crippen molar-refractivity contribution < 1.29 is 4.79 Å². The lowest BCUT2D eigenvalue weighted by atomic mass is 9.92. The molecule has 2 atom stereocenters. The predicted molar refractivity (Wildman–Crippen MR) is 71.5 cm³/mol. The summed E-state index contributed by atoms with van der Waals surface area (Å²) in [6, 6.07) is 0. The number of hydrogen-bond donors (Lipinski definition) is 0. The Labute approximate surface area is 102 Å². The molecule has 0 amide bonds. The van der Waals surface area contributed by atoms with E-state index in [9.17, 15) is 4.79 Å². The van der Waals surface area contributed by atoms with Crippen LogP contribution >= 0.6 is 0 Å². The van der Waals surface area contributed by atoms with Crippen LogP contribution in [0.4, 0.5) is 0 Å². The van der Waals surface area contributed by atoms with Gasteiger partial charge < -0.3 is 0 Å². The summed E-state index contributed by atoms with van der Waals surface area (Å²) in [4.78, 5) is 11.7. The third kappa shape index (κ3) is 8.94. The van der Waals surface area contributed by atoms with Gasteiger partial charge in [-0.25, -0.2) is 0 Å². The van der Waals surface area contributed by atoms with E-state index >= 15 is 0 Å². The maximum Gasteiger partial charge on any atom is 0.133 e. The standard InChI is InChI=1S/C15H30O/c1-6-13(4)10-15(16)11-14(5)9-7-8-12(2)3/h12-14H,6-11H2,1-5H3. The van der Waals surface area contributed by atoms with Gasteiger partial charge in [-0.1, -0.05) is 60.3 Å². The van der Waals surface area contributed by atoms with Crippen molar-refractivity contribution in [3.8, 4) is 0 Å². The quantitative estimate of drug-likeness (QED) is 0.549. The number of carbonyl (C=O) groups excluding carboxylic acids is 1. The van der Waals surface area contributed by atoms with Gasteiger partial charge in [-0.05, 0) is 17.8 Å². The Bertz CT molecular complexity index is 184. The van der Waals surface area contributed by atoms with Crippen LogP contribution in [0, 0.1) is 17.8 Å². The normalized spacial score (nSPS) is 15.1. The van der Waals surface area contributed by atoms with Crippen molar-refractivity contribution in [2.75, 3.05) is 0 Å². The van der Waals surface area contributed by atoms with Crippen molar-refractivity contribution in [3.63, 3.8) is 0 Å². The van der Waals surface area contributed by atoms with E-state index < -0.39 is 0 Å². The van der Waals surface area contributed by atoms with E-state index in [1.807, 2.05) is 0 Å². The number of carbonyl (C=O) groups is 1. The summed E-state index contributed by atoms with van der Waals surface area (Å²) in [5, 5.41) is 0. The monoisotopic (exact) mass is 226 g/mol. The van der Waals surface area contributed by atoms with E-state index in [0.717, 1.165) is 25.2 Å². The Morgan fingerprint density at radius 3 is 2.00 bits per heavy atom. The van der Waals surface area contributed by atoms with Gasteiger partial charge in [0.2, 0.25) is 0 Å². The minimum atomic E-state index is 0.464. The molecule has 0 aromatic rings.